The fourth-order valence-electron chi connectivity index (χ4n) is 6.02. The zero-order valence-electron chi connectivity index (χ0n) is 20.1. The van der Waals surface area contributed by atoms with Crippen molar-refractivity contribution in [1.29, 1.82) is 0 Å². The monoisotopic (exact) mass is 469 g/mol. The second-order valence-corrected chi connectivity index (χ2v) is 10.4. The molecule has 2 aromatic heterocycles. The molecule has 0 aliphatic carbocycles. The molecule has 3 fully saturated rings. The first-order chi connectivity index (χ1) is 17.2. The van der Waals surface area contributed by atoms with E-state index in [1.54, 1.807) is 0 Å². The maximum Gasteiger partial charge on any atom is 0.319 e. The van der Waals surface area contributed by atoms with E-state index in [1.807, 2.05) is 6.20 Å². The Morgan fingerprint density at radius 2 is 1.83 bits per heavy atom. The highest BCUT2D eigenvalue weighted by atomic mass is 16.5. The number of likely N-dealkylation sites (N-methyl/N-ethyl adjacent to an activating group) is 1. The molecule has 3 aliphatic heterocycles. The van der Waals surface area contributed by atoms with Crippen LogP contribution in [0.4, 0.5) is 5.82 Å². The van der Waals surface area contributed by atoms with Crippen LogP contribution >= 0.6 is 0 Å². The molecule has 35 heavy (non-hydrogen) atoms. The van der Waals surface area contributed by atoms with E-state index in [2.05, 4.69) is 68.8 Å². The predicted molar refractivity (Wildman–Crippen MR) is 138 cm³/mol. The number of benzene rings is 2. The summed E-state index contributed by atoms with van der Waals surface area (Å²) in [5.74, 6) is 0.999. The van der Waals surface area contributed by atoms with Crippen molar-refractivity contribution in [2.24, 2.45) is 0 Å². The molecule has 2 aromatic carbocycles. The van der Waals surface area contributed by atoms with Gasteiger partial charge in [0, 0.05) is 42.0 Å². The Bertz CT molecular complexity index is 1370. The fraction of sp³-hybridized carbons (Fsp3) is 0.444. The van der Waals surface area contributed by atoms with Crippen molar-refractivity contribution in [3.63, 3.8) is 0 Å². The number of rotatable bonds is 5. The molecule has 2 bridgehead atoms. The Morgan fingerprint density at radius 3 is 2.66 bits per heavy atom. The van der Waals surface area contributed by atoms with E-state index >= 15 is 0 Å². The lowest BCUT2D eigenvalue weighted by atomic mass is 10.0. The summed E-state index contributed by atoms with van der Waals surface area (Å²) in [4.78, 5) is 14.7. The summed E-state index contributed by atoms with van der Waals surface area (Å²) in [6, 6.07) is 14.9. The molecule has 180 valence electrons. The summed E-state index contributed by atoms with van der Waals surface area (Å²) in [7, 11) is 2.17. The molecule has 8 heteroatoms. The second-order valence-electron chi connectivity index (χ2n) is 10.4. The van der Waals surface area contributed by atoms with Gasteiger partial charge in [-0.3, -0.25) is 5.10 Å². The van der Waals surface area contributed by atoms with Gasteiger partial charge in [0.2, 0.25) is 0 Å². The fourth-order valence-corrected chi connectivity index (χ4v) is 6.02. The normalized spacial score (nSPS) is 24.6. The van der Waals surface area contributed by atoms with Crippen molar-refractivity contribution < 1.29 is 4.74 Å². The van der Waals surface area contributed by atoms with Crippen LogP contribution in [0.3, 0.4) is 0 Å². The van der Waals surface area contributed by atoms with E-state index in [0.29, 0.717) is 30.7 Å². The third kappa shape index (κ3) is 3.90. The summed E-state index contributed by atoms with van der Waals surface area (Å²) in [5, 5.41) is 13.2. The number of ether oxygens (including phenoxy) is 1. The molecule has 3 saturated heterocycles. The topological polar surface area (TPSA) is 82.2 Å². The van der Waals surface area contributed by atoms with E-state index in [-0.39, 0.29) is 0 Å². The lowest BCUT2D eigenvalue weighted by molar-refractivity contribution is 0.188. The van der Waals surface area contributed by atoms with Crippen LogP contribution in [0.15, 0.2) is 42.6 Å². The van der Waals surface area contributed by atoms with Crippen molar-refractivity contribution in [3.8, 4) is 17.1 Å². The van der Waals surface area contributed by atoms with Gasteiger partial charge in [-0.15, -0.1) is 0 Å². The number of fused-ring (bicyclic) bond motifs is 4. The number of aromatic nitrogens is 4. The highest BCUT2D eigenvalue weighted by Gasteiger charge is 2.33. The van der Waals surface area contributed by atoms with Crippen LogP contribution in [0.25, 0.3) is 32.9 Å². The average Bonchev–Trinajstić information content (AvgIpc) is 3.61. The molecule has 0 amide bonds. The minimum Gasteiger partial charge on any atom is -0.462 e. The number of likely N-dealkylation sites (tertiary alicyclic amines) is 1. The summed E-state index contributed by atoms with van der Waals surface area (Å²) in [6.45, 7) is 3.72. The van der Waals surface area contributed by atoms with Gasteiger partial charge in [-0.05, 0) is 68.6 Å². The van der Waals surface area contributed by atoms with Gasteiger partial charge < -0.3 is 19.9 Å². The Morgan fingerprint density at radius 1 is 1.00 bits per heavy atom. The first-order valence-electron chi connectivity index (χ1n) is 12.8. The van der Waals surface area contributed by atoms with Gasteiger partial charge in [-0.2, -0.15) is 15.1 Å². The molecule has 7 rings (SSSR count). The van der Waals surface area contributed by atoms with Crippen molar-refractivity contribution in [3.05, 3.63) is 42.6 Å². The van der Waals surface area contributed by atoms with E-state index < -0.39 is 0 Å². The molecule has 3 atom stereocenters. The maximum absolute atomic E-state index is 6.24. The van der Waals surface area contributed by atoms with E-state index in [1.165, 1.54) is 19.3 Å². The number of anilines is 1. The van der Waals surface area contributed by atoms with Crippen LogP contribution in [0.2, 0.25) is 0 Å². The Labute approximate surface area is 204 Å². The summed E-state index contributed by atoms with van der Waals surface area (Å²) >= 11 is 0. The first-order valence-corrected chi connectivity index (χ1v) is 12.8. The highest BCUT2D eigenvalue weighted by Crippen LogP contribution is 2.33. The van der Waals surface area contributed by atoms with Crippen LogP contribution in [0.1, 0.15) is 25.7 Å². The molecule has 0 radical (unpaired) electrons. The lowest BCUT2D eigenvalue weighted by Gasteiger charge is -2.34. The second kappa shape index (κ2) is 8.46. The third-order valence-corrected chi connectivity index (χ3v) is 8.02. The van der Waals surface area contributed by atoms with Gasteiger partial charge in [0.05, 0.1) is 17.2 Å². The number of aromatic amines is 1. The number of nitrogens with one attached hydrogen (secondary N) is 2. The molecule has 8 nitrogen and oxygen atoms in total. The first kappa shape index (κ1) is 21.1. The van der Waals surface area contributed by atoms with Crippen LogP contribution < -0.4 is 15.0 Å². The zero-order chi connectivity index (χ0) is 23.4. The largest absolute Gasteiger partial charge is 0.462 e. The molecule has 4 aromatic rings. The van der Waals surface area contributed by atoms with Crippen molar-refractivity contribution in [1.82, 2.24) is 30.4 Å². The minimum atomic E-state index is 0.431. The van der Waals surface area contributed by atoms with Crippen LogP contribution in [-0.4, -0.2) is 76.5 Å². The number of hydrogen-bond acceptors (Lipinski definition) is 7. The molecule has 0 spiro atoms. The highest BCUT2D eigenvalue weighted by molar-refractivity contribution is 5.94. The molecular weight excluding hydrogens is 438 g/mol. The van der Waals surface area contributed by atoms with Gasteiger partial charge in [0.15, 0.2) is 0 Å². The quantitative estimate of drug-likeness (QED) is 0.462. The van der Waals surface area contributed by atoms with Crippen LogP contribution in [-0.2, 0) is 0 Å². The predicted octanol–water partition coefficient (Wildman–Crippen LogP) is 3.59. The SMILES string of the molecule is CN1CCC[C@H]1COc1nc(N2CC3CCC(C2)N3)c2ccc(-c3ccc4cn[nH]c4c3)cc2n1. The lowest BCUT2D eigenvalue weighted by Crippen LogP contribution is -2.51. The molecule has 3 aliphatic rings. The van der Waals surface area contributed by atoms with E-state index in [4.69, 9.17) is 14.7 Å². The van der Waals surface area contributed by atoms with E-state index in [0.717, 1.165) is 64.8 Å². The van der Waals surface area contributed by atoms with Gasteiger partial charge >= 0.3 is 6.01 Å². The zero-order valence-corrected chi connectivity index (χ0v) is 20.1. The van der Waals surface area contributed by atoms with Crippen molar-refractivity contribution in [2.45, 2.75) is 43.8 Å². The molecule has 5 heterocycles. The van der Waals surface area contributed by atoms with Gasteiger partial charge in [0.1, 0.15) is 12.4 Å². The minimum absolute atomic E-state index is 0.431. The van der Waals surface area contributed by atoms with Crippen LogP contribution in [0, 0.1) is 0 Å². The Kier molecular flexibility index (Phi) is 5.10. The number of hydrogen-bond donors (Lipinski definition) is 2. The van der Waals surface area contributed by atoms with E-state index in [9.17, 15) is 0 Å². The number of piperazine rings is 1. The van der Waals surface area contributed by atoms with Gasteiger partial charge in [0.25, 0.3) is 0 Å². The van der Waals surface area contributed by atoms with Crippen molar-refractivity contribution in [2.75, 3.05) is 38.2 Å². The molecule has 2 N–H and O–H groups in total. The third-order valence-electron chi connectivity index (χ3n) is 8.02. The number of nitrogens with zero attached hydrogens (tertiary/aromatic N) is 5. The average molecular weight is 470 g/mol. The molecule has 2 unspecified atom stereocenters. The Balaban J connectivity index is 1.28. The standard InChI is InChI=1S/C27H31N7O/c1-33-10-2-3-22(33)16-35-27-30-25-12-18(17-4-5-19-13-28-32-24(19)11-17)6-9-23(25)26(31-27)34-14-20-7-8-21(15-34)29-20/h4-6,9,11-13,20-22,29H,2-3,7-8,10,14-16H2,1H3,(H,28,32)/t20?,21?,22-/m0/s1. The summed E-state index contributed by atoms with van der Waals surface area (Å²) in [5.41, 5.74) is 4.23. The van der Waals surface area contributed by atoms with Gasteiger partial charge in [-0.1, -0.05) is 18.2 Å². The maximum atomic E-state index is 6.24. The number of H-pyrrole nitrogens is 1. The van der Waals surface area contributed by atoms with Crippen LogP contribution in [0.5, 0.6) is 6.01 Å². The Hall–Kier alpha value is -3.23. The van der Waals surface area contributed by atoms with Crippen molar-refractivity contribution >= 4 is 27.6 Å². The van der Waals surface area contributed by atoms with Gasteiger partial charge in [-0.25, -0.2) is 0 Å². The molecule has 0 saturated carbocycles. The summed E-state index contributed by atoms with van der Waals surface area (Å²) < 4.78 is 6.24. The smallest absolute Gasteiger partial charge is 0.319 e. The summed E-state index contributed by atoms with van der Waals surface area (Å²) in [6.07, 6.45) is 6.72. The molecular formula is C27H31N7O.